The van der Waals surface area contributed by atoms with Crippen molar-refractivity contribution in [2.45, 2.75) is 24.5 Å². The fourth-order valence-corrected chi connectivity index (χ4v) is 5.12. The van der Waals surface area contributed by atoms with Crippen molar-refractivity contribution in [1.82, 2.24) is 4.90 Å². The maximum atomic E-state index is 14.4. The minimum atomic E-state index is -1.18. The first-order valence-electron chi connectivity index (χ1n) is 12.9. The normalized spacial score (nSPS) is 21.1. The number of hydrogen-bond acceptors (Lipinski definition) is 6. The summed E-state index contributed by atoms with van der Waals surface area (Å²) in [5, 5.41) is 9.01. The van der Waals surface area contributed by atoms with E-state index in [0.717, 1.165) is 21.2 Å². The van der Waals surface area contributed by atoms with Crippen molar-refractivity contribution >= 4 is 27.7 Å². The van der Waals surface area contributed by atoms with Gasteiger partial charge in [-0.2, -0.15) is 0 Å². The van der Waals surface area contributed by atoms with Crippen LogP contribution in [0.25, 0.3) is 0 Å². The molecule has 0 radical (unpaired) electrons. The highest BCUT2D eigenvalue weighted by Crippen LogP contribution is 2.44. The van der Waals surface area contributed by atoms with Gasteiger partial charge in [0.25, 0.3) is 5.91 Å². The Morgan fingerprint density at radius 3 is 2.42 bits per heavy atom. The summed E-state index contributed by atoms with van der Waals surface area (Å²) in [5.74, 6) is 1.07. The Morgan fingerprint density at radius 2 is 1.74 bits per heavy atom. The number of benzene rings is 3. The van der Waals surface area contributed by atoms with E-state index in [2.05, 4.69) is 15.9 Å². The van der Waals surface area contributed by atoms with Gasteiger partial charge in [0, 0.05) is 42.6 Å². The third-order valence-electron chi connectivity index (χ3n) is 6.79. The monoisotopic (exact) mass is 578 g/mol. The number of aliphatic hydroxyl groups excluding tert-OH is 1. The summed E-state index contributed by atoms with van der Waals surface area (Å²) < 4.78 is 18.8. The van der Waals surface area contributed by atoms with E-state index in [-0.39, 0.29) is 12.5 Å². The largest absolute Gasteiger partial charge is 0.494 e. The Labute approximate surface area is 231 Å². The quantitative estimate of drug-likeness (QED) is 0.376. The number of aliphatic imine (C=N–C) groups is 1. The molecule has 2 heterocycles. The minimum Gasteiger partial charge on any atom is -0.494 e. The van der Waals surface area contributed by atoms with Gasteiger partial charge < -0.3 is 24.2 Å². The first kappa shape index (κ1) is 26.4. The average molecular weight is 579 g/mol. The second-order valence-corrected chi connectivity index (χ2v) is 10.3. The van der Waals surface area contributed by atoms with E-state index in [4.69, 9.17) is 24.3 Å². The molecule has 1 N–H and O–H groups in total. The lowest BCUT2D eigenvalue weighted by atomic mass is 9.81. The van der Waals surface area contributed by atoms with Gasteiger partial charge in [-0.1, -0.05) is 58.4 Å². The molecular formula is C30H31BrN2O5. The van der Waals surface area contributed by atoms with Crippen LogP contribution in [-0.4, -0.2) is 66.9 Å². The third-order valence-corrected chi connectivity index (χ3v) is 7.32. The van der Waals surface area contributed by atoms with Crippen molar-refractivity contribution in [2.75, 3.05) is 39.5 Å². The second kappa shape index (κ2) is 12.1. The zero-order valence-corrected chi connectivity index (χ0v) is 22.7. The molecule has 2 aliphatic heterocycles. The van der Waals surface area contributed by atoms with Crippen molar-refractivity contribution < 1.29 is 24.1 Å². The van der Waals surface area contributed by atoms with Gasteiger partial charge in [0.2, 0.25) is 5.90 Å². The minimum absolute atomic E-state index is 0.0588. The molecule has 0 bridgehead atoms. The first-order chi connectivity index (χ1) is 18.6. The lowest BCUT2D eigenvalue weighted by molar-refractivity contribution is -0.143. The van der Waals surface area contributed by atoms with E-state index in [1.807, 2.05) is 83.8 Å². The molecule has 3 aromatic carbocycles. The maximum absolute atomic E-state index is 14.4. The Morgan fingerprint density at radius 1 is 1.03 bits per heavy atom. The van der Waals surface area contributed by atoms with Gasteiger partial charge in [-0.15, -0.1) is 0 Å². The molecule has 1 saturated heterocycles. The predicted octanol–water partition coefficient (Wildman–Crippen LogP) is 4.57. The summed E-state index contributed by atoms with van der Waals surface area (Å²) >= 11 is 3.52. The van der Waals surface area contributed by atoms with Crippen LogP contribution in [-0.2, 0) is 20.7 Å². The summed E-state index contributed by atoms with van der Waals surface area (Å²) in [7, 11) is 0. The smallest absolute Gasteiger partial charge is 0.255 e. The Kier molecular flexibility index (Phi) is 8.42. The van der Waals surface area contributed by atoms with Crippen LogP contribution in [0.1, 0.15) is 29.2 Å². The van der Waals surface area contributed by atoms with E-state index in [0.29, 0.717) is 57.4 Å². The average Bonchev–Trinajstić information content (AvgIpc) is 3.34. The highest BCUT2D eigenvalue weighted by atomic mass is 79.9. The van der Waals surface area contributed by atoms with Crippen LogP contribution < -0.4 is 4.74 Å². The van der Waals surface area contributed by atoms with Gasteiger partial charge in [-0.3, -0.25) is 4.79 Å². The van der Waals surface area contributed by atoms with E-state index < -0.39 is 11.6 Å². The molecule has 198 valence electrons. The van der Waals surface area contributed by atoms with Gasteiger partial charge in [0.15, 0.2) is 11.6 Å². The molecule has 7 nitrogen and oxygen atoms in total. The molecule has 0 saturated carbocycles. The molecule has 0 unspecified atom stereocenters. The number of ether oxygens (including phenoxy) is 3. The van der Waals surface area contributed by atoms with Gasteiger partial charge in [-0.05, 0) is 47.5 Å². The fourth-order valence-electron chi connectivity index (χ4n) is 4.85. The summed E-state index contributed by atoms with van der Waals surface area (Å²) in [6.07, 6.45) is 0.357. The van der Waals surface area contributed by atoms with Crippen LogP contribution in [0.15, 0.2) is 88.3 Å². The van der Waals surface area contributed by atoms with Crippen LogP contribution in [0, 0.1) is 0 Å². The van der Waals surface area contributed by atoms with E-state index >= 15 is 0 Å². The number of aliphatic hydroxyl groups is 1. The molecule has 1 amide bonds. The van der Waals surface area contributed by atoms with Crippen molar-refractivity contribution in [1.29, 1.82) is 0 Å². The van der Waals surface area contributed by atoms with E-state index in [9.17, 15) is 4.79 Å². The number of hydrogen-bond donors (Lipinski definition) is 1. The number of halogens is 1. The molecule has 38 heavy (non-hydrogen) atoms. The molecule has 2 atom stereocenters. The molecule has 0 aliphatic carbocycles. The predicted molar refractivity (Wildman–Crippen MR) is 148 cm³/mol. The Balaban J connectivity index is 1.56. The standard InChI is InChI=1S/C30H31BrN2O5/c31-25-11-7-23(8-12-25)27-30(21-22-5-2-1-3-6-22,29(35)33-15-19-36-20-16-33)32-28(38-27)24-9-13-26(14-10-24)37-18-4-17-34/h1-3,5-14,27,34H,4,15-21H2/t27-,30-/m1/s1. The first-order valence-corrected chi connectivity index (χ1v) is 13.7. The molecule has 2 aliphatic rings. The summed E-state index contributed by atoms with van der Waals surface area (Å²) in [4.78, 5) is 21.4. The van der Waals surface area contributed by atoms with E-state index in [1.165, 1.54) is 0 Å². The van der Waals surface area contributed by atoms with Crippen molar-refractivity contribution in [3.8, 4) is 5.75 Å². The zero-order chi connectivity index (χ0) is 26.4. The maximum Gasteiger partial charge on any atom is 0.255 e. The molecule has 5 rings (SSSR count). The third kappa shape index (κ3) is 5.77. The van der Waals surface area contributed by atoms with Crippen LogP contribution >= 0.6 is 15.9 Å². The summed E-state index contributed by atoms with van der Waals surface area (Å²) in [6, 6.07) is 25.4. The number of carbonyl (C=O) groups is 1. The SMILES string of the molecule is O=C(N1CCOCC1)[C@]1(Cc2ccccc2)N=C(c2ccc(OCCCO)cc2)O[C@@H]1c1ccc(Br)cc1. The molecule has 3 aromatic rings. The summed E-state index contributed by atoms with van der Waals surface area (Å²) in [6.45, 7) is 2.57. The van der Waals surface area contributed by atoms with Gasteiger partial charge in [-0.25, -0.2) is 4.99 Å². The van der Waals surface area contributed by atoms with Crippen molar-refractivity contribution in [3.63, 3.8) is 0 Å². The topological polar surface area (TPSA) is 80.6 Å². The molecule has 0 spiro atoms. The van der Waals surface area contributed by atoms with Crippen LogP contribution in [0.3, 0.4) is 0 Å². The van der Waals surface area contributed by atoms with Gasteiger partial charge >= 0.3 is 0 Å². The van der Waals surface area contributed by atoms with Crippen molar-refractivity contribution in [2.24, 2.45) is 4.99 Å². The fraction of sp³-hybridized carbons (Fsp3) is 0.333. The van der Waals surface area contributed by atoms with Crippen molar-refractivity contribution in [3.05, 3.63) is 100 Å². The summed E-state index contributed by atoms with van der Waals surface area (Å²) in [5.41, 5.74) is 1.48. The van der Waals surface area contributed by atoms with Gasteiger partial charge in [0.1, 0.15) is 5.75 Å². The Hall–Kier alpha value is -3.20. The van der Waals surface area contributed by atoms with Gasteiger partial charge in [0.05, 0.1) is 19.8 Å². The highest BCUT2D eigenvalue weighted by Gasteiger charge is 2.54. The number of morpholine rings is 1. The molecule has 8 heteroatoms. The number of rotatable bonds is 9. The lowest BCUT2D eigenvalue weighted by Gasteiger charge is -2.37. The van der Waals surface area contributed by atoms with E-state index in [1.54, 1.807) is 0 Å². The van der Waals surface area contributed by atoms with Crippen LogP contribution in [0.4, 0.5) is 0 Å². The number of carbonyl (C=O) groups excluding carboxylic acids is 1. The molecule has 0 aromatic heterocycles. The Bertz CT molecular complexity index is 1240. The zero-order valence-electron chi connectivity index (χ0n) is 21.1. The highest BCUT2D eigenvalue weighted by molar-refractivity contribution is 9.10. The molecule has 1 fully saturated rings. The molecular weight excluding hydrogens is 548 g/mol. The number of nitrogens with zero attached hydrogens (tertiary/aromatic N) is 2. The number of amides is 1. The van der Waals surface area contributed by atoms with Crippen LogP contribution in [0.5, 0.6) is 5.75 Å². The lowest BCUT2D eigenvalue weighted by Crippen LogP contribution is -2.54. The van der Waals surface area contributed by atoms with Crippen LogP contribution in [0.2, 0.25) is 0 Å². The second-order valence-electron chi connectivity index (χ2n) is 9.41.